The minimum atomic E-state index is -0.917. The van der Waals surface area contributed by atoms with E-state index in [1.54, 1.807) is 30.6 Å². The molecule has 35 heavy (non-hydrogen) atoms. The van der Waals surface area contributed by atoms with Crippen LogP contribution in [0, 0.1) is 5.92 Å². The summed E-state index contributed by atoms with van der Waals surface area (Å²) in [7, 11) is 0. The number of hydrogen-bond acceptors (Lipinski definition) is 6. The highest BCUT2D eigenvalue weighted by atomic mass is 16.5. The van der Waals surface area contributed by atoms with Crippen molar-refractivity contribution in [3.63, 3.8) is 0 Å². The number of ether oxygens (including phenoxy) is 1. The van der Waals surface area contributed by atoms with E-state index in [1.165, 1.54) is 6.92 Å². The molecule has 1 aromatic heterocycles. The Hall–Kier alpha value is -3.95. The smallest absolute Gasteiger partial charge is 0.303 e. The molecule has 0 bridgehead atoms. The lowest BCUT2D eigenvalue weighted by Crippen LogP contribution is -2.41. The molecule has 0 unspecified atom stereocenters. The van der Waals surface area contributed by atoms with Gasteiger partial charge in [-0.3, -0.25) is 19.4 Å². The van der Waals surface area contributed by atoms with E-state index in [0.29, 0.717) is 23.4 Å². The van der Waals surface area contributed by atoms with Gasteiger partial charge >= 0.3 is 5.97 Å². The van der Waals surface area contributed by atoms with Crippen molar-refractivity contribution in [1.82, 2.24) is 10.3 Å². The van der Waals surface area contributed by atoms with E-state index >= 15 is 0 Å². The van der Waals surface area contributed by atoms with E-state index in [0.717, 1.165) is 31.6 Å². The number of amidine groups is 1. The number of aliphatic imine (C=N–C) groups is 1. The molecule has 1 aromatic carbocycles. The number of carboxylic acid groups (broad SMARTS) is 1. The molecule has 2 heterocycles. The molecule has 0 aliphatic carbocycles. The van der Waals surface area contributed by atoms with E-state index in [4.69, 9.17) is 15.6 Å². The summed E-state index contributed by atoms with van der Waals surface area (Å²) in [5.74, 6) is -0.885. The van der Waals surface area contributed by atoms with Gasteiger partial charge in [-0.05, 0) is 43.0 Å². The molecule has 186 valence electrons. The second-order valence-electron chi connectivity index (χ2n) is 8.34. The van der Waals surface area contributed by atoms with E-state index in [1.807, 2.05) is 12.1 Å². The Kier molecular flexibility index (Phi) is 9.16. The lowest BCUT2D eigenvalue weighted by atomic mass is 9.95. The molecule has 0 radical (unpaired) electrons. The highest BCUT2D eigenvalue weighted by Crippen LogP contribution is 2.24. The Bertz CT molecular complexity index is 1070. The number of aliphatic carboxylic acids is 1. The molecule has 10 nitrogen and oxygen atoms in total. The van der Waals surface area contributed by atoms with Gasteiger partial charge in [-0.1, -0.05) is 12.1 Å². The van der Waals surface area contributed by atoms with Gasteiger partial charge in [-0.2, -0.15) is 4.99 Å². The Labute approximate surface area is 204 Å². The third kappa shape index (κ3) is 7.80. The predicted octanol–water partition coefficient (Wildman–Crippen LogP) is 1.76. The number of piperidine rings is 1. The number of aryl methyl sites for hydroxylation is 1. The average Bonchev–Trinajstić information content (AvgIpc) is 2.85. The van der Waals surface area contributed by atoms with Crippen LogP contribution in [0.15, 0.2) is 47.7 Å². The first-order valence-electron chi connectivity index (χ1n) is 11.6. The number of nitrogens with zero attached hydrogens (tertiary/aromatic N) is 3. The number of hydrogen-bond donors (Lipinski definition) is 3. The molecule has 0 spiro atoms. The number of benzene rings is 1. The Morgan fingerprint density at radius 2 is 1.91 bits per heavy atom. The molecule has 1 aliphatic heterocycles. The summed E-state index contributed by atoms with van der Waals surface area (Å²) < 4.78 is 5.86. The molecular weight excluding hydrogens is 450 g/mol. The van der Waals surface area contributed by atoms with Crippen molar-refractivity contribution in [2.45, 2.75) is 32.6 Å². The summed E-state index contributed by atoms with van der Waals surface area (Å²) in [6, 6.07) is 8.96. The fraction of sp³-hybridized carbons (Fsp3) is 0.400. The van der Waals surface area contributed by atoms with E-state index in [9.17, 15) is 14.4 Å². The zero-order valence-corrected chi connectivity index (χ0v) is 19.8. The Morgan fingerprint density at radius 1 is 1.20 bits per heavy atom. The molecule has 0 atom stereocenters. The molecule has 0 saturated carbocycles. The quantitative estimate of drug-likeness (QED) is 0.264. The fourth-order valence-electron chi connectivity index (χ4n) is 3.96. The number of anilines is 1. The molecule has 1 aliphatic rings. The molecule has 3 rings (SSSR count). The number of carboxylic acids is 1. The van der Waals surface area contributed by atoms with E-state index in [-0.39, 0.29) is 37.1 Å². The summed E-state index contributed by atoms with van der Waals surface area (Å²) >= 11 is 0. The maximum atomic E-state index is 12.6. The first-order valence-corrected chi connectivity index (χ1v) is 11.6. The normalized spacial score (nSPS) is 14.4. The molecule has 2 amide bonds. The number of pyridine rings is 1. The van der Waals surface area contributed by atoms with Gasteiger partial charge in [0.1, 0.15) is 18.2 Å². The third-order valence-electron chi connectivity index (χ3n) is 5.80. The second kappa shape index (κ2) is 12.5. The van der Waals surface area contributed by atoms with Crippen LogP contribution in [0.4, 0.5) is 5.69 Å². The standard InChI is InChI=1S/C25H31N5O5/c1-17(31)29-24(26)20-3-2-18(4-5-23(32)33)22(16-20)35-15-12-28-25(34)19-8-13-30(14-9-19)21-6-10-27-11-7-21/h2-3,6-7,10-11,16,19H,4-5,8-9,12-15H2,1H3,(H,28,34)(H,32,33)(H2,26,29,31). The lowest BCUT2D eigenvalue weighted by molar-refractivity contribution is -0.137. The Morgan fingerprint density at radius 3 is 2.57 bits per heavy atom. The average molecular weight is 482 g/mol. The van der Waals surface area contributed by atoms with E-state index < -0.39 is 11.9 Å². The van der Waals surface area contributed by atoms with Crippen molar-refractivity contribution >= 4 is 29.3 Å². The molecule has 4 N–H and O–H groups in total. The van der Waals surface area contributed by atoms with Crippen LogP contribution in [0.25, 0.3) is 0 Å². The highest BCUT2D eigenvalue weighted by molar-refractivity contribution is 6.03. The monoisotopic (exact) mass is 481 g/mol. The van der Waals surface area contributed by atoms with Gasteiger partial charge in [-0.25, -0.2) is 0 Å². The van der Waals surface area contributed by atoms with Crippen LogP contribution in [-0.4, -0.2) is 60.0 Å². The minimum absolute atomic E-state index is 0.000616. The van der Waals surface area contributed by atoms with Crippen LogP contribution >= 0.6 is 0 Å². The molecular formula is C25H31N5O5. The Balaban J connectivity index is 1.52. The van der Waals surface area contributed by atoms with Crippen LogP contribution in [-0.2, 0) is 20.8 Å². The van der Waals surface area contributed by atoms with Gasteiger partial charge in [0.15, 0.2) is 0 Å². The van der Waals surface area contributed by atoms with Gasteiger partial charge in [0.25, 0.3) is 0 Å². The fourth-order valence-corrected chi connectivity index (χ4v) is 3.96. The zero-order chi connectivity index (χ0) is 25.2. The van der Waals surface area contributed by atoms with Crippen LogP contribution in [0.3, 0.4) is 0 Å². The second-order valence-corrected chi connectivity index (χ2v) is 8.34. The van der Waals surface area contributed by atoms with Crippen molar-refractivity contribution in [1.29, 1.82) is 0 Å². The number of carbonyl (C=O) groups excluding carboxylic acids is 2. The van der Waals surface area contributed by atoms with Crippen molar-refractivity contribution in [2.24, 2.45) is 16.6 Å². The maximum Gasteiger partial charge on any atom is 0.303 e. The summed E-state index contributed by atoms with van der Waals surface area (Å²) in [6.45, 7) is 3.43. The summed E-state index contributed by atoms with van der Waals surface area (Å²) in [5.41, 5.74) is 8.19. The highest BCUT2D eigenvalue weighted by Gasteiger charge is 2.24. The van der Waals surface area contributed by atoms with Gasteiger partial charge < -0.3 is 25.8 Å². The zero-order valence-electron chi connectivity index (χ0n) is 19.8. The molecule has 10 heteroatoms. The van der Waals surface area contributed by atoms with Gasteiger partial charge in [0, 0.05) is 56.0 Å². The van der Waals surface area contributed by atoms with Gasteiger partial charge in [0.2, 0.25) is 11.8 Å². The molecule has 2 aromatic rings. The minimum Gasteiger partial charge on any atom is -0.491 e. The first kappa shape index (κ1) is 25.7. The number of aromatic nitrogens is 1. The van der Waals surface area contributed by atoms with Crippen molar-refractivity contribution < 1.29 is 24.2 Å². The SMILES string of the molecule is CC(=O)N=C(N)c1ccc(CCC(=O)O)c(OCCNC(=O)C2CCN(c3ccncc3)CC2)c1. The van der Waals surface area contributed by atoms with Gasteiger partial charge in [0.05, 0.1) is 6.54 Å². The predicted molar refractivity (Wildman–Crippen MR) is 131 cm³/mol. The number of rotatable bonds is 10. The third-order valence-corrected chi connectivity index (χ3v) is 5.80. The van der Waals surface area contributed by atoms with Crippen LogP contribution in [0.2, 0.25) is 0 Å². The molecule has 1 saturated heterocycles. The maximum absolute atomic E-state index is 12.6. The lowest BCUT2D eigenvalue weighted by Gasteiger charge is -2.32. The van der Waals surface area contributed by atoms with Crippen molar-refractivity contribution in [2.75, 3.05) is 31.1 Å². The number of carbonyl (C=O) groups is 3. The summed E-state index contributed by atoms with van der Waals surface area (Å²) in [6.07, 6.45) is 5.29. The topological polar surface area (TPSA) is 147 Å². The van der Waals surface area contributed by atoms with Crippen molar-refractivity contribution in [3.05, 3.63) is 53.9 Å². The summed E-state index contributed by atoms with van der Waals surface area (Å²) in [4.78, 5) is 44.9. The van der Waals surface area contributed by atoms with Crippen molar-refractivity contribution in [3.8, 4) is 5.75 Å². The first-order chi connectivity index (χ1) is 16.8. The number of nitrogens with two attached hydrogens (primary N) is 1. The number of nitrogens with one attached hydrogen (secondary N) is 1. The molecule has 1 fully saturated rings. The van der Waals surface area contributed by atoms with Crippen LogP contribution in [0.5, 0.6) is 5.75 Å². The van der Waals surface area contributed by atoms with Gasteiger partial charge in [-0.15, -0.1) is 0 Å². The number of amides is 2. The largest absolute Gasteiger partial charge is 0.491 e. The summed E-state index contributed by atoms with van der Waals surface area (Å²) in [5, 5.41) is 11.9. The van der Waals surface area contributed by atoms with E-state index in [2.05, 4.69) is 20.2 Å². The van der Waals surface area contributed by atoms with Crippen LogP contribution in [0.1, 0.15) is 37.3 Å². The van der Waals surface area contributed by atoms with Crippen LogP contribution < -0.4 is 20.7 Å².